The van der Waals surface area contributed by atoms with Gasteiger partial charge in [0.05, 0.1) is 12.3 Å². The van der Waals surface area contributed by atoms with Crippen molar-refractivity contribution in [3.05, 3.63) is 22.4 Å². The molecule has 1 heterocycles. The van der Waals surface area contributed by atoms with Crippen molar-refractivity contribution in [2.24, 2.45) is 10.4 Å². The Balaban J connectivity index is 3.02. The number of rotatable bonds is 2. The average Bonchev–Trinajstić information content (AvgIpc) is 2.65. The van der Waals surface area contributed by atoms with E-state index in [1.54, 1.807) is 18.3 Å². The van der Waals surface area contributed by atoms with Crippen LogP contribution in [-0.2, 0) is 4.74 Å². The van der Waals surface area contributed by atoms with Crippen molar-refractivity contribution in [1.82, 2.24) is 0 Å². The summed E-state index contributed by atoms with van der Waals surface area (Å²) in [6.07, 6.45) is -0.515. The molecular weight excluding hydrogens is 222 g/mol. The van der Waals surface area contributed by atoms with Crippen molar-refractivity contribution >= 4 is 23.1 Å². The van der Waals surface area contributed by atoms with Crippen LogP contribution in [0.4, 0.5) is 4.79 Å². The summed E-state index contributed by atoms with van der Waals surface area (Å²) in [5, 5.41) is 3.96. The number of hydrogen-bond donors (Lipinski definition) is 0. The molecule has 1 rings (SSSR count). The molecule has 0 aliphatic heterocycles. The van der Waals surface area contributed by atoms with E-state index in [1.165, 1.54) is 0 Å². The zero-order valence-electron chi connectivity index (χ0n) is 10.1. The Morgan fingerprint density at radius 3 is 2.62 bits per heavy atom. The predicted octanol–water partition coefficient (Wildman–Crippen LogP) is 3.74. The van der Waals surface area contributed by atoms with Gasteiger partial charge in [-0.25, -0.2) is 4.79 Å². The maximum Gasteiger partial charge on any atom is 0.433 e. The minimum absolute atomic E-state index is 0.173. The molecule has 16 heavy (non-hydrogen) atoms. The van der Waals surface area contributed by atoms with Crippen LogP contribution in [0, 0.1) is 5.41 Å². The van der Waals surface area contributed by atoms with E-state index < -0.39 is 6.09 Å². The van der Waals surface area contributed by atoms with E-state index in [9.17, 15) is 4.79 Å². The summed E-state index contributed by atoms with van der Waals surface area (Å²) in [6.45, 7) is 8.21. The monoisotopic (exact) mass is 239 g/mol. The first-order valence-electron chi connectivity index (χ1n) is 5.23. The van der Waals surface area contributed by atoms with E-state index in [2.05, 4.69) is 4.99 Å². The fourth-order valence-electron chi connectivity index (χ4n) is 1.31. The smallest absolute Gasteiger partial charge is 0.433 e. The summed E-state index contributed by atoms with van der Waals surface area (Å²) in [5.41, 5.74) is 1.59. The second-order valence-electron chi connectivity index (χ2n) is 4.42. The van der Waals surface area contributed by atoms with Gasteiger partial charge in [0.1, 0.15) is 0 Å². The summed E-state index contributed by atoms with van der Waals surface area (Å²) in [4.78, 5) is 15.4. The van der Waals surface area contributed by atoms with Crippen LogP contribution >= 0.6 is 11.3 Å². The number of nitrogens with zero attached hydrogens (tertiary/aromatic N) is 1. The maximum atomic E-state index is 11.4. The third-order valence-electron chi connectivity index (χ3n) is 1.98. The summed E-state index contributed by atoms with van der Waals surface area (Å²) in [6, 6.07) is 1.97. The SMILES string of the molecule is CCOC(=O)N=C(c1ccsc1)C(C)(C)C. The van der Waals surface area contributed by atoms with Crippen LogP contribution in [-0.4, -0.2) is 18.4 Å². The Bertz CT molecular complexity index is 374. The van der Waals surface area contributed by atoms with Crippen molar-refractivity contribution in [2.45, 2.75) is 27.7 Å². The molecule has 0 aliphatic carbocycles. The molecular formula is C12H17NO2S. The fourth-order valence-corrected chi connectivity index (χ4v) is 1.95. The highest BCUT2D eigenvalue weighted by atomic mass is 32.1. The quantitative estimate of drug-likeness (QED) is 0.737. The molecule has 1 aromatic rings. The van der Waals surface area contributed by atoms with Crippen LogP contribution in [0.5, 0.6) is 0 Å². The zero-order chi connectivity index (χ0) is 12.2. The lowest BCUT2D eigenvalue weighted by molar-refractivity contribution is 0.163. The molecule has 0 spiro atoms. The summed E-state index contributed by atoms with van der Waals surface area (Å²) < 4.78 is 4.84. The number of ether oxygens (including phenoxy) is 1. The van der Waals surface area contributed by atoms with E-state index in [0.717, 1.165) is 11.3 Å². The molecule has 1 aromatic heterocycles. The highest BCUT2D eigenvalue weighted by Gasteiger charge is 2.22. The maximum absolute atomic E-state index is 11.4. The van der Waals surface area contributed by atoms with E-state index in [4.69, 9.17) is 4.74 Å². The van der Waals surface area contributed by atoms with Gasteiger partial charge >= 0.3 is 6.09 Å². The molecule has 3 nitrogen and oxygen atoms in total. The molecule has 0 fully saturated rings. The highest BCUT2D eigenvalue weighted by molar-refractivity contribution is 7.08. The van der Waals surface area contributed by atoms with E-state index in [0.29, 0.717) is 6.61 Å². The lowest BCUT2D eigenvalue weighted by Crippen LogP contribution is -2.22. The predicted molar refractivity (Wildman–Crippen MR) is 67.3 cm³/mol. The summed E-state index contributed by atoms with van der Waals surface area (Å²) in [5.74, 6) is 0. The number of carbonyl (C=O) groups is 1. The number of amides is 1. The van der Waals surface area contributed by atoms with Gasteiger partial charge in [0.25, 0.3) is 0 Å². The first-order valence-corrected chi connectivity index (χ1v) is 6.18. The molecule has 0 saturated heterocycles. The molecule has 0 saturated carbocycles. The van der Waals surface area contributed by atoms with Crippen LogP contribution in [0.3, 0.4) is 0 Å². The zero-order valence-corrected chi connectivity index (χ0v) is 10.9. The number of hydrogen-bond acceptors (Lipinski definition) is 3. The van der Waals surface area contributed by atoms with Crippen molar-refractivity contribution in [1.29, 1.82) is 0 Å². The molecule has 0 radical (unpaired) electrons. The largest absolute Gasteiger partial charge is 0.448 e. The minimum Gasteiger partial charge on any atom is -0.448 e. The van der Waals surface area contributed by atoms with Gasteiger partial charge in [-0.15, -0.1) is 0 Å². The van der Waals surface area contributed by atoms with E-state index >= 15 is 0 Å². The Labute approximate surface area is 100 Å². The molecule has 4 heteroatoms. The molecule has 1 amide bonds. The van der Waals surface area contributed by atoms with Gasteiger partial charge in [-0.3, -0.25) is 0 Å². The first kappa shape index (κ1) is 12.9. The van der Waals surface area contributed by atoms with Gasteiger partial charge in [-0.2, -0.15) is 16.3 Å². The molecule has 0 atom stereocenters. The molecule has 0 aliphatic rings. The lowest BCUT2D eigenvalue weighted by Gasteiger charge is -2.20. The normalized spacial score (nSPS) is 12.6. The van der Waals surface area contributed by atoms with Crippen molar-refractivity contribution < 1.29 is 9.53 Å². The molecule has 0 unspecified atom stereocenters. The topological polar surface area (TPSA) is 38.7 Å². The Hall–Kier alpha value is -1.16. The van der Waals surface area contributed by atoms with Gasteiger partial charge < -0.3 is 4.74 Å². The lowest BCUT2D eigenvalue weighted by atomic mass is 9.86. The molecule has 0 N–H and O–H groups in total. The van der Waals surface area contributed by atoms with Crippen LogP contribution in [0.2, 0.25) is 0 Å². The van der Waals surface area contributed by atoms with Gasteiger partial charge in [0.15, 0.2) is 0 Å². The van der Waals surface area contributed by atoms with Gasteiger partial charge in [-0.05, 0) is 23.8 Å². The molecule has 0 bridgehead atoms. The fraction of sp³-hybridized carbons (Fsp3) is 0.500. The third-order valence-corrected chi connectivity index (χ3v) is 2.66. The van der Waals surface area contributed by atoms with E-state index in [-0.39, 0.29) is 5.41 Å². The second-order valence-corrected chi connectivity index (χ2v) is 5.20. The van der Waals surface area contributed by atoms with Crippen molar-refractivity contribution in [2.75, 3.05) is 6.61 Å². The first-order chi connectivity index (χ1) is 7.45. The van der Waals surface area contributed by atoms with E-state index in [1.807, 2.05) is 37.6 Å². The Morgan fingerprint density at radius 1 is 1.50 bits per heavy atom. The van der Waals surface area contributed by atoms with Crippen LogP contribution in [0.25, 0.3) is 0 Å². The van der Waals surface area contributed by atoms with Crippen molar-refractivity contribution in [3.8, 4) is 0 Å². The standard InChI is InChI=1S/C12H17NO2S/c1-5-15-11(14)13-10(12(2,3)4)9-6-7-16-8-9/h6-8H,5H2,1-4H3. The van der Waals surface area contributed by atoms with Crippen LogP contribution in [0.1, 0.15) is 33.3 Å². The summed E-state index contributed by atoms with van der Waals surface area (Å²) >= 11 is 1.59. The van der Waals surface area contributed by atoms with Crippen LogP contribution < -0.4 is 0 Å². The third kappa shape index (κ3) is 3.45. The number of aliphatic imine (C=N–C) groups is 1. The molecule has 0 aromatic carbocycles. The van der Waals surface area contributed by atoms with Gasteiger partial charge in [0.2, 0.25) is 0 Å². The Kier molecular flexibility index (Phi) is 4.24. The van der Waals surface area contributed by atoms with Crippen LogP contribution in [0.15, 0.2) is 21.8 Å². The Morgan fingerprint density at radius 2 is 2.19 bits per heavy atom. The minimum atomic E-state index is -0.515. The second kappa shape index (κ2) is 5.25. The number of thiophene rings is 1. The van der Waals surface area contributed by atoms with Gasteiger partial charge in [0, 0.05) is 11.0 Å². The van der Waals surface area contributed by atoms with Gasteiger partial charge in [-0.1, -0.05) is 20.8 Å². The van der Waals surface area contributed by atoms with Crippen molar-refractivity contribution in [3.63, 3.8) is 0 Å². The molecule has 88 valence electrons. The highest BCUT2D eigenvalue weighted by Crippen LogP contribution is 2.23. The summed E-state index contributed by atoms with van der Waals surface area (Å²) in [7, 11) is 0. The number of carbonyl (C=O) groups excluding carboxylic acids is 1. The average molecular weight is 239 g/mol.